The number of esters is 1. The molecule has 1 aliphatic heterocycles. The van der Waals surface area contributed by atoms with Crippen LogP contribution in [0.2, 0.25) is 0 Å². The molecular formula is C21H21NO4S. The summed E-state index contributed by atoms with van der Waals surface area (Å²) in [4.78, 5) is 27.8. The van der Waals surface area contributed by atoms with Gasteiger partial charge < -0.3 is 14.4 Å². The highest BCUT2D eigenvalue weighted by Gasteiger charge is 2.36. The van der Waals surface area contributed by atoms with E-state index in [1.165, 1.54) is 18.4 Å². The van der Waals surface area contributed by atoms with Gasteiger partial charge in [-0.1, -0.05) is 18.2 Å². The van der Waals surface area contributed by atoms with Gasteiger partial charge in [0.15, 0.2) is 0 Å². The van der Waals surface area contributed by atoms with Gasteiger partial charge in [-0.2, -0.15) is 0 Å². The zero-order valence-corrected chi connectivity index (χ0v) is 16.3. The van der Waals surface area contributed by atoms with E-state index in [1.54, 1.807) is 25.0 Å². The lowest BCUT2D eigenvalue weighted by molar-refractivity contribution is -0.136. The Bertz CT molecular complexity index is 895. The Hall–Kier alpha value is -2.86. The van der Waals surface area contributed by atoms with Crippen LogP contribution < -0.4 is 4.74 Å². The van der Waals surface area contributed by atoms with Crippen LogP contribution in [0.5, 0.6) is 5.75 Å². The highest BCUT2D eigenvalue weighted by atomic mass is 32.1. The smallest absolute Gasteiger partial charge is 0.340 e. The third kappa shape index (κ3) is 3.95. The van der Waals surface area contributed by atoms with Gasteiger partial charge in [-0.3, -0.25) is 4.79 Å². The van der Waals surface area contributed by atoms with Crippen LogP contribution in [0.4, 0.5) is 0 Å². The minimum absolute atomic E-state index is 0.171. The van der Waals surface area contributed by atoms with E-state index in [1.807, 2.05) is 41.8 Å². The van der Waals surface area contributed by atoms with Crippen LogP contribution in [0, 0.1) is 0 Å². The maximum absolute atomic E-state index is 13.0. The molecule has 2 aromatic rings. The number of ether oxygens (including phenoxy) is 2. The van der Waals surface area contributed by atoms with Gasteiger partial charge in [0, 0.05) is 17.1 Å². The third-order valence-corrected chi connectivity index (χ3v) is 5.33. The topological polar surface area (TPSA) is 55.8 Å². The molecule has 0 radical (unpaired) electrons. The molecule has 1 aromatic carbocycles. The summed E-state index contributed by atoms with van der Waals surface area (Å²) in [7, 11) is 2.96. The SMILES string of the molecule is COC(=O)C1=C(C)N(CCc2ccc(OC)cc2)C(=O)C1=Cc1cccs1. The fraction of sp³-hybridized carbons (Fsp3) is 0.238. The second-order valence-electron chi connectivity index (χ2n) is 6.08. The first-order valence-corrected chi connectivity index (χ1v) is 9.42. The van der Waals surface area contributed by atoms with E-state index in [0.717, 1.165) is 16.2 Å². The van der Waals surface area contributed by atoms with Crippen molar-refractivity contribution in [3.05, 3.63) is 69.1 Å². The predicted molar refractivity (Wildman–Crippen MR) is 105 cm³/mol. The molecule has 1 amide bonds. The molecule has 0 N–H and O–H groups in total. The van der Waals surface area contributed by atoms with E-state index in [-0.39, 0.29) is 5.91 Å². The lowest BCUT2D eigenvalue weighted by Gasteiger charge is -2.17. The fourth-order valence-electron chi connectivity index (χ4n) is 3.05. The van der Waals surface area contributed by atoms with Crippen LogP contribution in [0.1, 0.15) is 17.4 Å². The van der Waals surface area contributed by atoms with Crippen molar-refractivity contribution in [1.29, 1.82) is 0 Å². The summed E-state index contributed by atoms with van der Waals surface area (Å²) < 4.78 is 10.1. The van der Waals surface area contributed by atoms with Gasteiger partial charge >= 0.3 is 5.97 Å². The summed E-state index contributed by atoms with van der Waals surface area (Å²) in [6.45, 7) is 2.27. The highest BCUT2D eigenvalue weighted by Crippen LogP contribution is 2.32. The molecule has 0 atom stereocenters. The molecule has 0 aliphatic carbocycles. The first-order valence-electron chi connectivity index (χ1n) is 8.54. The van der Waals surface area contributed by atoms with E-state index in [9.17, 15) is 9.59 Å². The van der Waals surface area contributed by atoms with Crippen molar-refractivity contribution < 1.29 is 19.1 Å². The average molecular weight is 383 g/mol. The molecule has 3 rings (SSSR count). The van der Waals surface area contributed by atoms with Crippen LogP contribution in [0.3, 0.4) is 0 Å². The van der Waals surface area contributed by atoms with E-state index in [0.29, 0.717) is 29.8 Å². The van der Waals surface area contributed by atoms with Gasteiger partial charge in [0.2, 0.25) is 0 Å². The molecule has 0 bridgehead atoms. The number of thiophene rings is 1. The van der Waals surface area contributed by atoms with Crippen LogP contribution in [-0.2, 0) is 20.7 Å². The van der Waals surface area contributed by atoms with Crippen LogP contribution >= 0.6 is 11.3 Å². The van der Waals surface area contributed by atoms with Gasteiger partial charge in [0.1, 0.15) is 5.75 Å². The van der Waals surface area contributed by atoms with Crippen molar-refractivity contribution in [2.24, 2.45) is 0 Å². The van der Waals surface area contributed by atoms with Crippen molar-refractivity contribution in [2.45, 2.75) is 13.3 Å². The number of nitrogens with zero attached hydrogens (tertiary/aromatic N) is 1. The molecular weight excluding hydrogens is 362 g/mol. The van der Waals surface area contributed by atoms with E-state index >= 15 is 0 Å². The maximum Gasteiger partial charge on any atom is 0.340 e. The second kappa shape index (κ2) is 8.22. The molecule has 2 heterocycles. The third-order valence-electron chi connectivity index (χ3n) is 4.51. The molecule has 1 aliphatic rings. The van der Waals surface area contributed by atoms with Crippen molar-refractivity contribution in [3.8, 4) is 5.75 Å². The van der Waals surface area contributed by atoms with Crippen molar-refractivity contribution in [1.82, 2.24) is 4.90 Å². The Labute approximate surface area is 162 Å². The number of carbonyl (C=O) groups excluding carboxylic acids is 2. The monoisotopic (exact) mass is 383 g/mol. The van der Waals surface area contributed by atoms with Crippen molar-refractivity contribution >= 4 is 29.3 Å². The number of amides is 1. The zero-order valence-electron chi connectivity index (χ0n) is 15.5. The Morgan fingerprint density at radius 2 is 1.93 bits per heavy atom. The minimum Gasteiger partial charge on any atom is -0.497 e. The van der Waals surface area contributed by atoms with Crippen LogP contribution in [0.25, 0.3) is 6.08 Å². The Morgan fingerprint density at radius 1 is 1.19 bits per heavy atom. The van der Waals surface area contributed by atoms with E-state index < -0.39 is 5.97 Å². The molecule has 6 heteroatoms. The zero-order chi connectivity index (χ0) is 19.4. The van der Waals surface area contributed by atoms with E-state index in [2.05, 4.69) is 0 Å². The number of rotatable bonds is 6. The van der Waals surface area contributed by atoms with Gasteiger partial charge in [0.25, 0.3) is 5.91 Å². The second-order valence-corrected chi connectivity index (χ2v) is 7.06. The highest BCUT2D eigenvalue weighted by molar-refractivity contribution is 7.10. The number of allylic oxidation sites excluding steroid dienone is 1. The molecule has 0 saturated heterocycles. The van der Waals surface area contributed by atoms with E-state index in [4.69, 9.17) is 9.47 Å². The van der Waals surface area contributed by atoms with Crippen LogP contribution in [-0.4, -0.2) is 37.5 Å². The molecule has 0 saturated carbocycles. The molecule has 140 valence electrons. The molecule has 0 spiro atoms. The van der Waals surface area contributed by atoms with Crippen molar-refractivity contribution in [3.63, 3.8) is 0 Å². The Balaban J connectivity index is 1.85. The largest absolute Gasteiger partial charge is 0.497 e. The lowest BCUT2D eigenvalue weighted by Crippen LogP contribution is -2.27. The number of carbonyl (C=O) groups is 2. The molecule has 0 fully saturated rings. The van der Waals surface area contributed by atoms with Gasteiger partial charge in [-0.25, -0.2) is 4.79 Å². The summed E-state index contributed by atoms with van der Waals surface area (Å²) >= 11 is 1.52. The normalized spacial score (nSPS) is 15.6. The quantitative estimate of drug-likeness (QED) is 0.564. The predicted octanol–water partition coefficient (Wildman–Crippen LogP) is 3.67. The Morgan fingerprint density at radius 3 is 2.52 bits per heavy atom. The average Bonchev–Trinajstić information content (AvgIpc) is 3.28. The minimum atomic E-state index is -0.490. The summed E-state index contributed by atoms with van der Waals surface area (Å²) in [6, 6.07) is 11.6. The Kier molecular flexibility index (Phi) is 5.76. The standard InChI is InChI=1S/C21H21NO4S/c1-14-19(21(24)26-3)18(13-17-5-4-12-27-17)20(23)22(14)11-10-15-6-8-16(25-2)9-7-15/h4-9,12-13H,10-11H2,1-3H3. The molecule has 0 unspecified atom stereocenters. The number of benzene rings is 1. The van der Waals surface area contributed by atoms with Gasteiger partial charge in [-0.05, 0) is 48.6 Å². The molecule has 1 aromatic heterocycles. The van der Waals surface area contributed by atoms with Gasteiger partial charge in [0.05, 0.1) is 25.4 Å². The number of hydrogen-bond acceptors (Lipinski definition) is 5. The van der Waals surface area contributed by atoms with Crippen LogP contribution in [0.15, 0.2) is 58.6 Å². The molecule has 27 heavy (non-hydrogen) atoms. The maximum atomic E-state index is 13.0. The fourth-order valence-corrected chi connectivity index (χ4v) is 3.70. The van der Waals surface area contributed by atoms with Gasteiger partial charge in [-0.15, -0.1) is 11.3 Å². The summed E-state index contributed by atoms with van der Waals surface area (Å²) in [6.07, 6.45) is 2.43. The number of hydrogen-bond donors (Lipinski definition) is 0. The lowest BCUT2D eigenvalue weighted by atomic mass is 10.1. The summed E-state index contributed by atoms with van der Waals surface area (Å²) in [5.74, 6) is 0.131. The summed E-state index contributed by atoms with van der Waals surface area (Å²) in [5.41, 5.74) is 2.44. The first-order chi connectivity index (χ1) is 13.0. The first kappa shape index (κ1) is 18.9. The summed E-state index contributed by atoms with van der Waals surface area (Å²) in [5, 5.41) is 1.93. The molecule has 5 nitrogen and oxygen atoms in total. The number of methoxy groups -OCH3 is 2. The van der Waals surface area contributed by atoms with Crippen molar-refractivity contribution in [2.75, 3.05) is 20.8 Å².